The van der Waals surface area contributed by atoms with Crippen molar-refractivity contribution in [2.75, 3.05) is 6.61 Å². The first-order valence-corrected chi connectivity index (χ1v) is 18.6. The molecule has 0 aliphatic carbocycles. The largest absolute Gasteiger partial charge is 0.394 e. The number of unbranched alkanes of at least 4 members (excludes halogenated alkanes) is 20. The van der Waals surface area contributed by atoms with Gasteiger partial charge in [0.1, 0.15) is 0 Å². The second-order valence-corrected chi connectivity index (χ2v) is 12.8. The van der Waals surface area contributed by atoms with Gasteiger partial charge < -0.3 is 20.6 Å². The summed E-state index contributed by atoms with van der Waals surface area (Å²) in [6.07, 6.45) is 38.5. The Balaban J connectivity index is 3.61. The summed E-state index contributed by atoms with van der Waals surface area (Å²) < 4.78 is 0. The van der Waals surface area contributed by atoms with Crippen LogP contribution in [0.2, 0.25) is 0 Å². The van der Waals surface area contributed by atoms with Gasteiger partial charge in [-0.3, -0.25) is 4.79 Å². The highest BCUT2D eigenvalue weighted by atomic mass is 16.3. The van der Waals surface area contributed by atoms with E-state index in [-0.39, 0.29) is 18.9 Å². The summed E-state index contributed by atoms with van der Waals surface area (Å²) in [6, 6.07) is -0.654. The summed E-state index contributed by atoms with van der Waals surface area (Å²) in [6.45, 7) is 4.12. The maximum Gasteiger partial charge on any atom is 0.222 e. The van der Waals surface area contributed by atoms with Gasteiger partial charge in [0.2, 0.25) is 5.91 Å². The Hall–Kier alpha value is -1.17. The molecule has 1 amide bonds. The fourth-order valence-corrected chi connectivity index (χ4v) is 5.68. The van der Waals surface area contributed by atoms with Crippen molar-refractivity contribution in [1.29, 1.82) is 0 Å². The van der Waals surface area contributed by atoms with Crippen LogP contribution in [0, 0.1) is 0 Å². The summed E-state index contributed by atoms with van der Waals surface area (Å²) in [4.78, 5) is 12.4. The first kappa shape index (κ1) is 41.8. The van der Waals surface area contributed by atoms with Crippen molar-refractivity contribution in [3.05, 3.63) is 24.3 Å². The van der Waals surface area contributed by atoms with E-state index >= 15 is 0 Å². The van der Waals surface area contributed by atoms with Crippen LogP contribution in [0.4, 0.5) is 0 Å². The third-order valence-electron chi connectivity index (χ3n) is 8.53. The van der Waals surface area contributed by atoms with E-state index in [1.165, 1.54) is 116 Å². The quantitative estimate of drug-likeness (QED) is 0.0441. The number of aliphatic hydroxyl groups is 3. The molecule has 0 radical (unpaired) electrons. The summed E-state index contributed by atoms with van der Waals surface area (Å²) in [5.41, 5.74) is 0. The minimum absolute atomic E-state index is 0.0363. The van der Waals surface area contributed by atoms with Crippen LogP contribution >= 0.6 is 0 Å². The fourth-order valence-electron chi connectivity index (χ4n) is 5.68. The standard InChI is InChI=1S/C38H73NO4/c1-3-5-7-9-11-13-14-15-16-17-18-19-20-21-22-24-25-27-29-31-35(41)33-38(43)39-36(34-40)37(42)32-30-28-26-23-12-10-8-6-4-2/h5,7,11,13,35-37,40-42H,3-4,6,8-10,12,14-34H2,1-2H3,(H,39,43)/b7-5-,13-11-. The molecule has 3 atom stereocenters. The molecular weight excluding hydrogens is 534 g/mol. The second-order valence-electron chi connectivity index (χ2n) is 12.8. The first-order chi connectivity index (χ1) is 21.0. The highest BCUT2D eigenvalue weighted by Gasteiger charge is 2.21. The highest BCUT2D eigenvalue weighted by molar-refractivity contribution is 5.76. The Morgan fingerprint density at radius 3 is 1.58 bits per heavy atom. The molecule has 0 saturated heterocycles. The van der Waals surface area contributed by atoms with Gasteiger partial charge in [-0.2, -0.15) is 0 Å². The lowest BCUT2D eigenvalue weighted by atomic mass is 10.0. The molecule has 0 spiro atoms. The van der Waals surface area contributed by atoms with Crippen LogP contribution in [0.25, 0.3) is 0 Å². The lowest BCUT2D eigenvalue weighted by Gasteiger charge is -2.23. The highest BCUT2D eigenvalue weighted by Crippen LogP contribution is 2.15. The number of nitrogens with one attached hydrogen (secondary N) is 1. The Kier molecular flexibility index (Phi) is 32.8. The van der Waals surface area contributed by atoms with Gasteiger partial charge in [0.15, 0.2) is 0 Å². The fraction of sp³-hybridized carbons (Fsp3) is 0.868. The van der Waals surface area contributed by atoms with Crippen LogP contribution in [0.15, 0.2) is 24.3 Å². The molecule has 5 heteroatoms. The Morgan fingerprint density at radius 1 is 0.605 bits per heavy atom. The lowest BCUT2D eigenvalue weighted by molar-refractivity contribution is -0.125. The number of aliphatic hydroxyl groups excluding tert-OH is 3. The van der Waals surface area contributed by atoms with Crippen molar-refractivity contribution in [3.63, 3.8) is 0 Å². The molecule has 5 nitrogen and oxygen atoms in total. The minimum atomic E-state index is -0.744. The molecule has 0 aliphatic heterocycles. The van der Waals surface area contributed by atoms with Crippen molar-refractivity contribution < 1.29 is 20.1 Å². The van der Waals surface area contributed by atoms with E-state index in [4.69, 9.17) is 0 Å². The first-order valence-electron chi connectivity index (χ1n) is 18.6. The van der Waals surface area contributed by atoms with E-state index in [1.807, 2.05) is 0 Å². The smallest absolute Gasteiger partial charge is 0.222 e. The van der Waals surface area contributed by atoms with Gasteiger partial charge in [0.05, 0.1) is 31.3 Å². The van der Waals surface area contributed by atoms with Crippen LogP contribution in [0.1, 0.15) is 187 Å². The zero-order valence-corrected chi connectivity index (χ0v) is 28.6. The summed E-state index contributed by atoms with van der Waals surface area (Å²) in [5.74, 6) is -0.287. The van der Waals surface area contributed by atoms with Crippen LogP contribution in [0.3, 0.4) is 0 Å². The minimum Gasteiger partial charge on any atom is -0.394 e. The lowest BCUT2D eigenvalue weighted by Crippen LogP contribution is -2.46. The van der Waals surface area contributed by atoms with Crippen LogP contribution in [-0.2, 0) is 4.79 Å². The average molecular weight is 608 g/mol. The zero-order valence-electron chi connectivity index (χ0n) is 28.6. The third kappa shape index (κ3) is 30.6. The number of carbonyl (C=O) groups is 1. The molecule has 43 heavy (non-hydrogen) atoms. The van der Waals surface area contributed by atoms with Crippen molar-refractivity contribution in [1.82, 2.24) is 5.32 Å². The molecule has 0 aliphatic rings. The Bertz CT molecular complexity index is 635. The summed E-state index contributed by atoms with van der Waals surface area (Å²) >= 11 is 0. The zero-order chi connectivity index (χ0) is 31.6. The second kappa shape index (κ2) is 33.7. The van der Waals surface area contributed by atoms with Gasteiger partial charge in [-0.05, 0) is 38.5 Å². The maximum atomic E-state index is 12.4. The summed E-state index contributed by atoms with van der Waals surface area (Å²) in [7, 11) is 0. The van der Waals surface area contributed by atoms with Crippen molar-refractivity contribution in [3.8, 4) is 0 Å². The Labute approximate surface area is 267 Å². The van der Waals surface area contributed by atoms with Crippen molar-refractivity contribution in [2.24, 2.45) is 0 Å². The summed E-state index contributed by atoms with van der Waals surface area (Å²) in [5, 5.41) is 33.1. The van der Waals surface area contributed by atoms with Crippen LogP contribution in [-0.4, -0.2) is 46.1 Å². The van der Waals surface area contributed by atoms with Gasteiger partial charge in [0.25, 0.3) is 0 Å². The van der Waals surface area contributed by atoms with E-state index in [9.17, 15) is 20.1 Å². The van der Waals surface area contributed by atoms with Crippen molar-refractivity contribution in [2.45, 2.75) is 205 Å². The predicted molar refractivity (Wildman–Crippen MR) is 185 cm³/mol. The molecular formula is C38H73NO4. The molecule has 0 heterocycles. The molecule has 0 fully saturated rings. The van der Waals surface area contributed by atoms with E-state index in [0.717, 1.165) is 38.5 Å². The molecule has 0 saturated carbocycles. The number of hydrogen-bond acceptors (Lipinski definition) is 4. The number of rotatable bonds is 33. The predicted octanol–water partition coefficient (Wildman–Crippen LogP) is 9.87. The van der Waals surface area contributed by atoms with E-state index in [2.05, 4.69) is 43.5 Å². The monoisotopic (exact) mass is 608 g/mol. The van der Waals surface area contributed by atoms with E-state index < -0.39 is 18.2 Å². The van der Waals surface area contributed by atoms with Gasteiger partial charge >= 0.3 is 0 Å². The maximum absolute atomic E-state index is 12.4. The van der Waals surface area contributed by atoms with Gasteiger partial charge in [-0.15, -0.1) is 0 Å². The average Bonchev–Trinajstić information content (AvgIpc) is 3.00. The number of amides is 1. The number of carbonyl (C=O) groups excluding carboxylic acids is 1. The van der Waals surface area contributed by atoms with Crippen LogP contribution in [0.5, 0.6) is 0 Å². The molecule has 0 bridgehead atoms. The molecule has 0 aromatic rings. The molecule has 0 aromatic heterocycles. The topological polar surface area (TPSA) is 89.8 Å². The van der Waals surface area contributed by atoms with Gasteiger partial charge in [0, 0.05) is 0 Å². The Morgan fingerprint density at radius 2 is 1.07 bits per heavy atom. The molecule has 3 unspecified atom stereocenters. The SMILES string of the molecule is CC/C=C\C/C=C\CCCCCCCCCCCCCCC(O)CC(=O)NC(CO)C(O)CCCCCCCCCCC. The van der Waals surface area contributed by atoms with E-state index in [1.54, 1.807) is 0 Å². The molecule has 0 aromatic carbocycles. The normalized spacial score (nSPS) is 14.1. The van der Waals surface area contributed by atoms with Gasteiger partial charge in [-0.25, -0.2) is 0 Å². The van der Waals surface area contributed by atoms with Crippen molar-refractivity contribution >= 4 is 5.91 Å². The van der Waals surface area contributed by atoms with Gasteiger partial charge in [-0.1, -0.05) is 167 Å². The number of hydrogen-bond donors (Lipinski definition) is 4. The van der Waals surface area contributed by atoms with E-state index in [0.29, 0.717) is 12.8 Å². The number of allylic oxidation sites excluding steroid dienone is 4. The third-order valence-corrected chi connectivity index (χ3v) is 8.53. The van der Waals surface area contributed by atoms with Crippen LogP contribution < -0.4 is 5.32 Å². The molecule has 0 rings (SSSR count). The molecule has 4 N–H and O–H groups in total. The molecule has 254 valence electrons.